The van der Waals surface area contributed by atoms with Crippen LogP contribution in [0.4, 0.5) is 4.79 Å². The molecule has 1 unspecified atom stereocenters. The Morgan fingerprint density at radius 3 is 2.78 bits per heavy atom. The fourth-order valence-electron chi connectivity index (χ4n) is 3.07. The molecular formula is C16H29N5O2. The van der Waals surface area contributed by atoms with E-state index in [2.05, 4.69) is 22.2 Å². The maximum Gasteiger partial charge on any atom is 0.317 e. The standard InChI is InChI=1S/C16H29N5O2/c1-13-11-20(12-16(2,3)23)9-10-21(13)15(22)17-7-5-14-6-8-18-19(14)4/h6,8,13,23H,5,7,9-12H2,1-4H3,(H,17,22). The highest BCUT2D eigenvalue weighted by Crippen LogP contribution is 2.13. The van der Waals surface area contributed by atoms with Crippen LogP contribution in [0.15, 0.2) is 12.3 Å². The summed E-state index contributed by atoms with van der Waals surface area (Å²) in [7, 11) is 1.90. The maximum atomic E-state index is 12.3. The molecule has 2 heterocycles. The van der Waals surface area contributed by atoms with E-state index in [-0.39, 0.29) is 12.1 Å². The molecule has 0 aromatic carbocycles. The third-order valence-electron chi connectivity index (χ3n) is 4.16. The fraction of sp³-hybridized carbons (Fsp3) is 0.750. The van der Waals surface area contributed by atoms with Crippen molar-refractivity contribution in [2.75, 3.05) is 32.7 Å². The van der Waals surface area contributed by atoms with Crippen molar-refractivity contribution in [3.8, 4) is 0 Å². The third-order valence-corrected chi connectivity index (χ3v) is 4.16. The molecule has 1 aromatic heterocycles. The summed E-state index contributed by atoms with van der Waals surface area (Å²) in [5.74, 6) is 0. The fourth-order valence-corrected chi connectivity index (χ4v) is 3.07. The molecule has 2 rings (SSSR count). The molecule has 1 saturated heterocycles. The minimum atomic E-state index is -0.701. The number of aromatic nitrogens is 2. The van der Waals surface area contributed by atoms with Gasteiger partial charge in [0.15, 0.2) is 0 Å². The Morgan fingerprint density at radius 2 is 2.22 bits per heavy atom. The predicted molar refractivity (Wildman–Crippen MR) is 89.2 cm³/mol. The van der Waals surface area contributed by atoms with Crippen molar-refractivity contribution in [3.63, 3.8) is 0 Å². The number of β-amino-alcohol motifs (C(OH)–C–C–N with tert-alkyl or cyclic N) is 1. The summed E-state index contributed by atoms with van der Waals surface area (Å²) in [6, 6.07) is 2.09. The van der Waals surface area contributed by atoms with Gasteiger partial charge in [0.25, 0.3) is 0 Å². The molecule has 130 valence electrons. The molecule has 1 atom stereocenters. The van der Waals surface area contributed by atoms with E-state index in [9.17, 15) is 9.90 Å². The van der Waals surface area contributed by atoms with Gasteiger partial charge in [0.1, 0.15) is 0 Å². The van der Waals surface area contributed by atoms with Crippen LogP contribution in [0.2, 0.25) is 0 Å². The Labute approximate surface area is 138 Å². The lowest BCUT2D eigenvalue weighted by Gasteiger charge is -2.41. The lowest BCUT2D eigenvalue weighted by molar-refractivity contribution is 0.0119. The number of amides is 2. The van der Waals surface area contributed by atoms with Gasteiger partial charge in [-0.2, -0.15) is 5.10 Å². The molecule has 1 aromatic rings. The minimum Gasteiger partial charge on any atom is -0.389 e. The Hall–Kier alpha value is -1.60. The summed E-state index contributed by atoms with van der Waals surface area (Å²) in [4.78, 5) is 16.4. The number of urea groups is 1. The van der Waals surface area contributed by atoms with Crippen molar-refractivity contribution in [2.45, 2.75) is 38.8 Å². The predicted octanol–water partition coefficient (Wildman–Crippen LogP) is 0.449. The Bertz CT molecular complexity index is 523. The van der Waals surface area contributed by atoms with Crippen molar-refractivity contribution >= 4 is 6.03 Å². The molecule has 0 radical (unpaired) electrons. The second-order valence-electron chi connectivity index (χ2n) is 7.02. The van der Waals surface area contributed by atoms with Gasteiger partial charge < -0.3 is 15.3 Å². The minimum absolute atomic E-state index is 0.0115. The smallest absolute Gasteiger partial charge is 0.317 e. The van der Waals surface area contributed by atoms with Crippen molar-refractivity contribution in [2.24, 2.45) is 7.05 Å². The summed E-state index contributed by atoms with van der Waals surface area (Å²) >= 11 is 0. The zero-order valence-electron chi connectivity index (χ0n) is 14.6. The normalized spacial score (nSPS) is 19.9. The van der Waals surface area contributed by atoms with E-state index in [4.69, 9.17) is 0 Å². The first-order valence-electron chi connectivity index (χ1n) is 8.22. The zero-order chi connectivity index (χ0) is 17.0. The molecule has 23 heavy (non-hydrogen) atoms. The first-order valence-corrected chi connectivity index (χ1v) is 8.22. The molecule has 2 N–H and O–H groups in total. The SMILES string of the molecule is CC1CN(CC(C)(C)O)CCN1C(=O)NCCc1ccnn1C. The summed E-state index contributed by atoms with van der Waals surface area (Å²) in [6.07, 6.45) is 2.54. The van der Waals surface area contributed by atoms with Crippen LogP contribution >= 0.6 is 0 Å². The Balaban J connectivity index is 1.76. The molecule has 0 aliphatic carbocycles. The van der Waals surface area contributed by atoms with Gasteiger partial charge in [-0.1, -0.05) is 0 Å². The second kappa shape index (κ2) is 7.31. The summed E-state index contributed by atoms with van der Waals surface area (Å²) in [5.41, 5.74) is 0.404. The summed E-state index contributed by atoms with van der Waals surface area (Å²) in [6.45, 7) is 9.20. The average Bonchev–Trinajstić information content (AvgIpc) is 2.82. The molecule has 2 amide bonds. The van der Waals surface area contributed by atoms with Crippen molar-refractivity contribution in [1.29, 1.82) is 0 Å². The third kappa shape index (κ3) is 5.21. The van der Waals surface area contributed by atoms with E-state index < -0.39 is 5.60 Å². The van der Waals surface area contributed by atoms with Crippen molar-refractivity contribution in [1.82, 2.24) is 24.9 Å². The van der Waals surface area contributed by atoms with Crippen LogP contribution in [0, 0.1) is 0 Å². The molecule has 0 bridgehead atoms. The van der Waals surface area contributed by atoms with Crippen molar-refractivity contribution in [3.05, 3.63) is 18.0 Å². The Morgan fingerprint density at radius 1 is 1.48 bits per heavy atom. The largest absolute Gasteiger partial charge is 0.389 e. The molecular weight excluding hydrogens is 294 g/mol. The number of aryl methyl sites for hydroxylation is 1. The average molecular weight is 323 g/mol. The maximum absolute atomic E-state index is 12.3. The van der Waals surface area contributed by atoms with E-state index in [0.29, 0.717) is 19.6 Å². The van der Waals surface area contributed by atoms with Gasteiger partial charge in [0, 0.05) is 64.1 Å². The Kier molecular flexibility index (Phi) is 5.64. The van der Waals surface area contributed by atoms with Gasteiger partial charge in [-0.25, -0.2) is 4.79 Å². The number of nitrogens with zero attached hydrogens (tertiary/aromatic N) is 4. The van der Waals surface area contributed by atoms with Crippen molar-refractivity contribution < 1.29 is 9.90 Å². The van der Waals surface area contributed by atoms with E-state index >= 15 is 0 Å². The number of aliphatic hydroxyl groups is 1. The molecule has 0 spiro atoms. The van der Waals surface area contributed by atoms with Gasteiger partial charge in [-0.05, 0) is 26.8 Å². The van der Waals surface area contributed by atoms with Gasteiger partial charge in [0.05, 0.1) is 5.60 Å². The zero-order valence-corrected chi connectivity index (χ0v) is 14.6. The topological polar surface area (TPSA) is 73.6 Å². The lowest BCUT2D eigenvalue weighted by Crippen LogP contribution is -2.58. The number of nitrogens with one attached hydrogen (secondary N) is 1. The number of hydrogen-bond acceptors (Lipinski definition) is 4. The van der Waals surface area contributed by atoms with Gasteiger partial charge in [-0.15, -0.1) is 0 Å². The van der Waals surface area contributed by atoms with E-state index in [0.717, 1.165) is 25.2 Å². The van der Waals surface area contributed by atoms with E-state index in [1.807, 2.05) is 36.5 Å². The summed E-state index contributed by atoms with van der Waals surface area (Å²) in [5, 5.41) is 17.0. The highest BCUT2D eigenvalue weighted by Gasteiger charge is 2.29. The van der Waals surface area contributed by atoms with E-state index in [1.54, 1.807) is 6.20 Å². The number of piperazine rings is 1. The molecule has 7 nitrogen and oxygen atoms in total. The monoisotopic (exact) mass is 323 g/mol. The number of hydrogen-bond donors (Lipinski definition) is 2. The van der Waals surface area contributed by atoms with Crippen LogP contribution in [-0.2, 0) is 13.5 Å². The molecule has 7 heteroatoms. The van der Waals surface area contributed by atoms with Gasteiger partial charge in [-0.3, -0.25) is 9.58 Å². The molecule has 0 saturated carbocycles. The quantitative estimate of drug-likeness (QED) is 0.825. The van der Waals surface area contributed by atoms with Crippen LogP contribution < -0.4 is 5.32 Å². The molecule has 1 fully saturated rings. The van der Waals surface area contributed by atoms with Crippen LogP contribution in [0.25, 0.3) is 0 Å². The summed E-state index contributed by atoms with van der Waals surface area (Å²) < 4.78 is 1.82. The van der Waals surface area contributed by atoms with Gasteiger partial charge in [0.2, 0.25) is 0 Å². The first-order chi connectivity index (χ1) is 10.8. The van der Waals surface area contributed by atoms with Crippen LogP contribution in [0.5, 0.6) is 0 Å². The number of carbonyl (C=O) groups excluding carboxylic acids is 1. The van der Waals surface area contributed by atoms with Crippen LogP contribution in [-0.4, -0.2) is 75.1 Å². The number of rotatable bonds is 5. The van der Waals surface area contributed by atoms with Crippen LogP contribution in [0.1, 0.15) is 26.5 Å². The lowest BCUT2D eigenvalue weighted by atomic mass is 10.1. The van der Waals surface area contributed by atoms with E-state index in [1.165, 1.54) is 0 Å². The first kappa shape index (κ1) is 17.7. The van der Waals surface area contributed by atoms with Gasteiger partial charge >= 0.3 is 6.03 Å². The highest BCUT2D eigenvalue weighted by atomic mass is 16.3. The molecule has 1 aliphatic rings. The van der Waals surface area contributed by atoms with Crippen LogP contribution in [0.3, 0.4) is 0 Å². The molecule has 1 aliphatic heterocycles. The number of carbonyl (C=O) groups is 1. The second-order valence-corrected chi connectivity index (χ2v) is 7.02. The highest BCUT2D eigenvalue weighted by molar-refractivity contribution is 5.74.